The second kappa shape index (κ2) is 4.55. The number of anilines is 1. The molecule has 1 amide bonds. The number of carbonyl (C=O) groups is 1. The molecule has 1 fully saturated rings. The van der Waals surface area contributed by atoms with Gasteiger partial charge in [-0.15, -0.1) is 0 Å². The Hall–Kier alpha value is -1.52. The van der Waals surface area contributed by atoms with Crippen LogP contribution in [0.1, 0.15) is 36.2 Å². The molecule has 2 heterocycles. The van der Waals surface area contributed by atoms with Crippen molar-refractivity contribution in [2.75, 3.05) is 18.8 Å². The molecule has 0 atom stereocenters. The Balaban J connectivity index is 2.11. The standard InChI is InChI=1S/C11H18N4O/c1-14-10(12)8-9(13-14)11(16)15-6-4-2-3-5-7-15/h8H,2-7,12H2,1H3. The molecule has 1 aromatic rings. The first-order valence-corrected chi connectivity index (χ1v) is 5.77. The topological polar surface area (TPSA) is 64.2 Å². The van der Waals surface area contributed by atoms with Gasteiger partial charge in [-0.1, -0.05) is 12.8 Å². The summed E-state index contributed by atoms with van der Waals surface area (Å²) in [6.07, 6.45) is 4.62. The molecule has 0 bridgehead atoms. The van der Waals surface area contributed by atoms with E-state index in [4.69, 9.17) is 5.73 Å². The number of aromatic nitrogens is 2. The Morgan fingerprint density at radius 1 is 1.31 bits per heavy atom. The van der Waals surface area contributed by atoms with Crippen molar-refractivity contribution in [2.24, 2.45) is 7.05 Å². The number of amides is 1. The summed E-state index contributed by atoms with van der Waals surface area (Å²) >= 11 is 0. The van der Waals surface area contributed by atoms with Gasteiger partial charge in [0.25, 0.3) is 5.91 Å². The highest BCUT2D eigenvalue weighted by atomic mass is 16.2. The zero-order chi connectivity index (χ0) is 11.5. The third-order valence-corrected chi connectivity index (χ3v) is 3.03. The fraction of sp³-hybridized carbons (Fsp3) is 0.636. The fourth-order valence-corrected chi connectivity index (χ4v) is 2.02. The quantitative estimate of drug-likeness (QED) is 0.771. The first-order chi connectivity index (χ1) is 7.68. The third kappa shape index (κ3) is 2.18. The summed E-state index contributed by atoms with van der Waals surface area (Å²) in [5, 5.41) is 4.12. The summed E-state index contributed by atoms with van der Waals surface area (Å²) in [7, 11) is 1.74. The molecule has 5 heteroatoms. The van der Waals surface area contributed by atoms with Gasteiger partial charge in [-0.2, -0.15) is 5.10 Å². The lowest BCUT2D eigenvalue weighted by Crippen LogP contribution is -2.32. The lowest BCUT2D eigenvalue weighted by molar-refractivity contribution is 0.0755. The van der Waals surface area contributed by atoms with E-state index in [0.29, 0.717) is 11.5 Å². The molecular formula is C11H18N4O. The molecule has 0 aromatic carbocycles. The Bertz CT molecular complexity index is 358. The van der Waals surface area contributed by atoms with Crippen LogP contribution in [0.4, 0.5) is 5.82 Å². The Kier molecular flexibility index (Phi) is 3.12. The fourth-order valence-electron chi connectivity index (χ4n) is 2.02. The number of nitrogens with zero attached hydrogens (tertiary/aromatic N) is 3. The lowest BCUT2D eigenvalue weighted by Gasteiger charge is -2.18. The summed E-state index contributed by atoms with van der Waals surface area (Å²) in [6.45, 7) is 1.69. The third-order valence-electron chi connectivity index (χ3n) is 3.03. The van der Waals surface area contributed by atoms with Crippen LogP contribution in [-0.2, 0) is 7.05 Å². The maximum absolute atomic E-state index is 12.1. The van der Waals surface area contributed by atoms with Gasteiger partial charge in [0.2, 0.25) is 0 Å². The van der Waals surface area contributed by atoms with Gasteiger partial charge in [0.1, 0.15) is 5.82 Å². The smallest absolute Gasteiger partial charge is 0.274 e. The van der Waals surface area contributed by atoms with Gasteiger partial charge >= 0.3 is 0 Å². The molecule has 5 nitrogen and oxygen atoms in total. The molecular weight excluding hydrogens is 204 g/mol. The molecule has 0 unspecified atom stereocenters. The van der Waals surface area contributed by atoms with Crippen molar-refractivity contribution in [2.45, 2.75) is 25.7 Å². The monoisotopic (exact) mass is 222 g/mol. The minimum absolute atomic E-state index is 0.00852. The number of rotatable bonds is 1. The van der Waals surface area contributed by atoms with Crippen molar-refractivity contribution in [3.8, 4) is 0 Å². The van der Waals surface area contributed by atoms with Crippen LogP contribution in [0.25, 0.3) is 0 Å². The van der Waals surface area contributed by atoms with Crippen molar-refractivity contribution in [1.82, 2.24) is 14.7 Å². The van der Waals surface area contributed by atoms with Gasteiger partial charge in [-0.25, -0.2) is 0 Å². The van der Waals surface area contributed by atoms with Crippen molar-refractivity contribution >= 4 is 11.7 Å². The molecule has 2 rings (SSSR count). The molecule has 0 saturated carbocycles. The lowest BCUT2D eigenvalue weighted by atomic mass is 10.2. The molecule has 0 spiro atoms. The number of aryl methyl sites for hydroxylation is 1. The number of nitrogens with two attached hydrogens (primary N) is 1. The van der Waals surface area contributed by atoms with Crippen LogP contribution >= 0.6 is 0 Å². The minimum atomic E-state index is 0.00852. The number of hydrogen-bond acceptors (Lipinski definition) is 3. The van der Waals surface area contributed by atoms with Gasteiger partial charge in [-0.05, 0) is 12.8 Å². The van der Waals surface area contributed by atoms with Crippen LogP contribution in [0, 0.1) is 0 Å². The van der Waals surface area contributed by atoms with Crippen LogP contribution in [-0.4, -0.2) is 33.7 Å². The SMILES string of the molecule is Cn1nc(C(=O)N2CCCCCC2)cc1N. The first-order valence-electron chi connectivity index (χ1n) is 5.77. The van der Waals surface area contributed by atoms with Crippen molar-refractivity contribution in [3.05, 3.63) is 11.8 Å². The normalized spacial score (nSPS) is 17.2. The molecule has 16 heavy (non-hydrogen) atoms. The number of carbonyl (C=O) groups excluding carboxylic acids is 1. The minimum Gasteiger partial charge on any atom is -0.384 e. The van der Waals surface area contributed by atoms with Gasteiger partial charge in [0, 0.05) is 26.2 Å². The van der Waals surface area contributed by atoms with Crippen LogP contribution in [0.5, 0.6) is 0 Å². The van der Waals surface area contributed by atoms with E-state index in [0.717, 1.165) is 25.9 Å². The first kappa shape index (κ1) is 11.0. The zero-order valence-electron chi connectivity index (χ0n) is 9.65. The maximum Gasteiger partial charge on any atom is 0.274 e. The van der Waals surface area contributed by atoms with E-state index in [1.165, 1.54) is 17.5 Å². The second-order valence-corrected chi connectivity index (χ2v) is 4.28. The van der Waals surface area contributed by atoms with E-state index >= 15 is 0 Å². The number of hydrogen-bond donors (Lipinski definition) is 1. The number of nitrogen functional groups attached to an aromatic ring is 1. The highest BCUT2D eigenvalue weighted by Gasteiger charge is 2.20. The van der Waals surface area contributed by atoms with E-state index in [1.807, 2.05) is 4.90 Å². The highest BCUT2D eigenvalue weighted by Crippen LogP contribution is 2.13. The molecule has 2 N–H and O–H groups in total. The van der Waals surface area contributed by atoms with Crippen LogP contribution in [0.2, 0.25) is 0 Å². The van der Waals surface area contributed by atoms with Crippen LogP contribution in [0.3, 0.4) is 0 Å². The predicted octanol–water partition coefficient (Wildman–Crippen LogP) is 1.02. The second-order valence-electron chi connectivity index (χ2n) is 4.28. The van der Waals surface area contributed by atoms with E-state index in [2.05, 4.69) is 5.10 Å². The zero-order valence-corrected chi connectivity index (χ0v) is 9.65. The Morgan fingerprint density at radius 2 is 1.94 bits per heavy atom. The molecule has 0 aliphatic carbocycles. The molecule has 0 radical (unpaired) electrons. The van der Waals surface area contributed by atoms with Gasteiger partial charge in [0.05, 0.1) is 0 Å². The molecule has 1 aliphatic rings. The van der Waals surface area contributed by atoms with E-state index in [-0.39, 0.29) is 5.91 Å². The maximum atomic E-state index is 12.1. The summed E-state index contributed by atoms with van der Waals surface area (Å²) in [4.78, 5) is 14.0. The summed E-state index contributed by atoms with van der Waals surface area (Å²) in [5.74, 6) is 0.535. The van der Waals surface area contributed by atoms with Gasteiger partial charge in [-0.3, -0.25) is 9.48 Å². The van der Waals surface area contributed by atoms with Crippen molar-refractivity contribution in [1.29, 1.82) is 0 Å². The summed E-state index contributed by atoms with van der Waals surface area (Å²) in [6, 6.07) is 1.65. The molecule has 1 aromatic heterocycles. The summed E-state index contributed by atoms with van der Waals surface area (Å²) in [5.41, 5.74) is 6.13. The Labute approximate surface area is 95.2 Å². The van der Waals surface area contributed by atoms with E-state index in [9.17, 15) is 4.79 Å². The summed E-state index contributed by atoms with van der Waals surface area (Å²) < 4.78 is 1.53. The van der Waals surface area contributed by atoms with Crippen molar-refractivity contribution < 1.29 is 4.79 Å². The molecule has 88 valence electrons. The largest absolute Gasteiger partial charge is 0.384 e. The van der Waals surface area contributed by atoms with E-state index in [1.54, 1.807) is 13.1 Å². The van der Waals surface area contributed by atoms with Gasteiger partial charge in [0.15, 0.2) is 5.69 Å². The molecule has 1 aliphatic heterocycles. The molecule has 1 saturated heterocycles. The highest BCUT2D eigenvalue weighted by molar-refractivity contribution is 5.93. The number of likely N-dealkylation sites (tertiary alicyclic amines) is 1. The Morgan fingerprint density at radius 3 is 2.44 bits per heavy atom. The predicted molar refractivity (Wildman–Crippen MR) is 62.0 cm³/mol. The van der Waals surface area contributed by atoms with Crippen molar-refractivity contribution in [3.63, 3.8) is 0 Å². The van der Waals surface area contributed by atoms with E-state index < -0.39 is 0 Å². The van der Waals surface area contributed by atoms with Crippen LogP contribution in [0.15, 0.2) is 6.07 Å². The van der Waals surface area contributed by atoms with Crippen LogP contribution < -0.4 is 5.73 Å². The average Bonchev–Trinajstić information content (AvgIpc) is 2.51. The van der Waals surface area contributed by atoms with Gasteiger partial charge < -0.3 is 10.6 Å². The average molecular weight is 222 g/mol.